The Bertz CT molecular complexity index is 200. The smallest absolute Gasteiger partial charge is 0.123 e. The van der Waals surface area contributed by atoms with Crippen molar-refractivity contribution in [2.45, 2.75) is 78.1 Å². The summed E-state index contributed by atoms with van der Waals surface area (Å²) in [5.74, 6) is 2.21. The molecule has 3 unspecified atom stereocenters. The zero-order chi connectivity index (χ0) is 12.5. The summed E-state index contributed by atoms with van der Waals surface area (Å²) in [6.07, 6.45) is 14.3. The van der Waals surface area contributed by atoms with Crippen molar-refractivity contribution in [1.82, 2.24) is 0 Å². The molecule has 1 rings (SSSR count). The van der Waals surface area contributed by atoms with E-state index in [9.17, 15) is 4.79 Å². The lowest BCUT2D eigenvalue weighted by molar-refractivity contribution is -0.111. The Balaban J connectivity index is 2.45. The molecule has 0 spiro atoms. The molecule has 1 saturated carbocycles. The molecule has 1 nitrogen and oxygen atoms in total. The lowest BCUT2D eigenvalue weighted by atomic mass is 9.80. The van der Waals surface area contributed by atoms with Crippen molar-refractivity contribution in [3.8, 4) is 0 Å². The Hall–Kier alpha value is -0.330. The molecule has 0 N–H and O–H groups in total. The quantitative estimate of drug-likeness (QED) is 0.451. The van der Waals surface area contributed by atoms with Gasteiger partial charge in [0, 0.05) is 5.92 Å². The highest BCUT2D eigenvalue weighted by Crippen LogP contribution is 2.35. The van der Waals surface area contributed by atoms with Gasteiger partial charge in [0.25, 0.3) is 0 Å². The molecule has 1 aliphatic rings. The van der Waals surface area contributed by atoms with Gasteiger partial charge in [-0.1, -0.05) is 58.8 Å². The van der Waals surface area contributed by atoms with Crippen molar-refractivity contribution < 1.29 is 4.79 Å². The van der Waals surface area contributed by atoms with Crippen LogP contribution in [0.2, 0.25) is 0 Å². The van der Waals surface area contributed by atoms with Crippen molar-refractivity contribution in [3.63, 3.8) is 0 Å². The maximum absolute atomic E-state index is 10.9. The summed E-state index contributed by atoms with van der Waals surface area (Å²) in [5, 5.41) is 0. The van der Waals surface area contributed by atoms with E-state index in [-0.39, 0.29) is 0 Å². The lowest BCUT2D eigenvalue weighted by Crippen LogP contribution is -2.14. The van der Waals surface area contributed by atoms with Gasteiger partial charge in [0.15, 0.2) is 0 Å². The Morgan fingerprint density at radius 1 is 1.06 bits per heavy atom. The van der Waals surface area contributed by atoms with E-state index in [1.165, 1.54) is 57.7 Å². The molecule has 0 saturated heterocycles. The average Bonchev–Trinajstić information content (AvgIpc) is 2.59. The van der Waals surface area contributed by atoms with E-state index >= 15 is 0 Å². The summed E-state index contributed by atoms with van der Waals surface area (Å²) in [4.78, 5) is 10.9. The van der Waals surface area contributed by atoms with Gasteiger partial charge in [-0.3, -0.25) is 0 Å². The monoisotopic (exact) mass is 238 g/mol. The van der Waals surface area contributed by atoms with Crippen molar-refractivity contribution in [1.29, 1.82) is 0 Å². The number of carbonyl (C=O) groups excluding carboxylic acids is 1. The van der Waals surface area contributed by atoms with Gasteiger partial charge in [-0.15, -0.1) is 0 Å². The summed E-state index contributed by atoms with van der Waals surface area (Å²) >= 11 is 0. The van der Waals surface area contributed by atoms with Crippen molar-refractivity contribution in [2.24, 2.45) is 17.8 Å². The highest BCUT2D eigenvalue weighted by Gasteiger charge is 2.24. The molecule has 1 heteroatoms. The highest BCUT2D eigenvalue weighted by molar-refractivity contribution is 5.53. The molecular weight excluding hydrogens is 208 g/mol. The second-order valence-corrected chi connectivity index (χ2v) is 5.86. The van der Waals surface area contributed by atoms with Gasteiger partial charge in [-0.2, -0.15) is 0 Å². The molecule has 100 valence electrons. The summed E-state index contributed by atoms with van der Waals surface area (Å²) in [5.41, 5.74) is 0. The van der Waals surface area contributed by atoms with Gasteiger partial charge in [0.1, 0.15) is 6.29 Å². The Morgan fingerprint density at radius 2 is 1.88 bits per heavy atom. The van der Waals surface area contributed by atoms with Crippen LogP contribution in [0.1, 0.15) is 78.1 Å². The number of unbranched alkanes of at least 4 members (excludes halogenated alkanes) is 1. The summed E-state index contributed by atoms with van der Waals surface area (Å²) in [7, 11) is 0. The molecule has 0 heterocycles. The van der Waals surface area contributed by atoms with Crippen LogP contribution in [0.5, 0.6) is 0 Å². The first kappa shape index (κ1) is 14.7. The normalized spacial score (nSPS) is 27.4. The van der Waals surface area contributed by atoms with Crippen LogP contribution in [0, 0.1) is 17.8 Å². The maximum Gasteiger partial charge on any atom is 0.123 e. The molecule has 0 aromatic carbocycles. The molecule has 0 aromatic rings. The second-order valence-electron chi connectivity index (χ2n) is 5.86. The first-order valence-electron chi connectivity index (χ1n) is 7.77. The molecule has 1 aliphatic carbocycles. The second kappa shape index (κ2) is 8.72. The minimum atomic E-state index is 0.369. The fourth-order valence-electron chi connectivity index (χ4n) is 3.42. The maximum atomic E-state index is 10.9. The molecular formula is C16H30O. The zero-order valence-electron chi connectivity index (χ0n) is 11.8. The molecule has 0 amide bonds. The first-order chi connectivity index (χ1) is 8.31. The minimum Gasteiger partial charge on any atom is -0.303 e. The number of hydrogen-bond acceptors (Lipinski definition) is 1. The van der Waals surface area contributed by atoms with E-state index in [0.29, 0.717) is 5.92 Å². The van der Waals surface area contributed by atoms with Crippen LogP contribution in [0.15, 0.2) is 0 Å². The summed E-state index contributed by atoms with van der Waals surface area (Å²) in [6.45, 7) is 4.60. The van der Waals surface area contributed by atoms with Gasteiger partial charge in [-0.05, 0) is 31.1 Å². The standard InChI is InChI=1S/C16H30O/c1-3-5-9-15(7-4-2)16-10-6-8-14(13-17)11-12-16/h13-16H,3-12H2,1-2H3. The molecule has 0 aliphatic heterocycles. The molecule has 0 radical (unpaired) electrons. The van der Waals surface area contributed by atoms with Crippen molar-refractivity contribution in [2.75, 3.05) is 0 Å². The van der Waals surface area contributed by atoms with E-state index in [0.717, 1.165) is 24.7 Å². The van der Waals surface area contributed by atoms with Crippen LogP contribution in [-0.2, 0) is 4.79 Å². The number of carbonyl (C=O) groups is 1. The Kier molecular flexibility index (Phi) is 7.55. The first-order valence-corrected chi connectivity index (χ1v) is 7.77. The molecule has 0 aromatic heterocycles. The molecule has 1 fully saturated rings. The third kappa shape index (κ3) is 5.23. The fraction of sp³-hybridized carbons (Fsp3) is 0.938. The Labute approximate surface area is 107 Å². The van der Waals surface area contributed by atoms with Crippen LogP contribution < -0.4 is 0 Å². The predicted octanol–water partition coefficient (Wildman–Crippen LogP) is 4.99. The fourth-order valence-corrected chi connectivity index (χ4v) is 3.42. The average molecular weight is 238 g/mol. The summed E-state index contributed by atoms with van der Waals surface area (Å²) in [6, 6.07) is 0. The van der Waals surface area contributed by atoms with E-state index in [2.05, 4.69) is 13.8 Å². The van der Waals surface area contributed by atoms with Gasteiger partial charge < -0.3 is 4.79 Å². The largest absolute Gasteiger partial charge is 0.303 e. The third-order valence-corrected chi connectivity index (χ3v) is 4.51. The van der Waals surface area contributed by atoms with Gasteiger partial charge >= 0.3 is 0 Å². The van der Waals surface area contributed by atoms with Crippen LogP contribution >= 0.6 is 0 Å². The SMILES string of the molecule is CCCCC(CCC)C1CCCC(C=O)CC1. The zero-order valence-corrected chi connectivity index (χ0v) is 11.8. The van der Waals surface area contributed by atoms with E-state index in [4.69, 9.17) is 0 Å². The molecule has 3 atom stereocenters. The minimum absolute atomic E-state index is 0.369. The number of rotatable bonds is 7. The van der Waals surface area contributed by atoms with Crippen LogP contribution in [0.3, 0.4) is 0 Å². The summed E-state index contributed by atoms with van der Waals surface area (Å²) < 4.78 is 0. The van der Waals surface area contributed by atoms with Crippen molar-refractivity contribution >= 4 is 6.29 Å². The van der Waals surface area contributed by atoms with Crippen LogP contribution in [0.25, 0.3) is 0 Å². The molecule has 17 heavy (non-hydrogen) atoms. The van der Waals surface area contributed by atoms with Crippen LogP contribution in [0.4, 0.5) is 0 Å². The van der Waals surface area contributed by atoms with E-state index in [1.807, 2.05) is 0 Å². The van der Waals surface area contributed by atoms with Crippen molar-refractivity contribution in [3.05, 3.63) is 0 Å². The van der Waals surface area contributed by atoms with Crippen LogP contribution in [-0.4, -0.2) is 6.29 Å². The Morgan fingerprint density at radius 3 is 2.53 bits per heavy atom. The highest BCUT2D eigenvalue weighted by atomic mass is 16.1. The number of aldehydes is 1. The van der Waals surface area contributed by atoms with E-state index in [1.54, 1.807) is 0 Å². The topological polar surface area (TPSA) is 17.1 Å². The van der Waals surface area contributed by atoms with Gasteiger partial charge in [0.05, 0.1) is 0 Å². The lowest BCUT2D eigenvalue weighted by Gasteiger charge is -2.26. The molecule has 0 bridgehead atoms. The predicted molar refractivity (Wildman–Crippen MR) is 74.1 cm³/mol. The number of hydrogen-bond donors (Lipinski definition) is 0. The van der Waals surface area contributed by atoms with E-state index < -0.39 is 0 Å². The van der Waals surface area contributed by atoms with Gasteiger partial charge in [0.2, 0.25) is 0 Å². The van der Waals surface area contributed by atoms with Gasteiger partial charge in [-0.25, -0.2) is 0 Å². The third-order valence-electron chi connectivity index (χ3n) is 4.51.